The normalized spacial score (nSPS) is 12.7. The topological polar surface area (TPSA) is 98.5 Å². The molecular weight excluding hydrogens is 320 g/mol. The highest BCUT2D eigenvalue weighted by Crippen LogP contribution is 2.30. The average molecular weight is 337 g/mol. The standard InChI is InChI=1S/C12H17ClN2O5S/c1-3-20-10-4-5-11(12(6-10)15(16)17)14-21(18,19)8-9(2)7-13/h4-6,9,14H,3,7-8H2,1-2H3. The number of hydrogen-bond acceptors (Lipinski definition) is 5. The minimum atomic E-state index is -3.71. The van der Waals surface area contributed by atoms with E-state index in [-0.39, 0.29) is 28.9 Å². The molecule has 7 nitrogen and oxygen atoms in total. The molecule has 1 rings (SSSR count). The van der Waals surface area contributed by atoms with Gasteiger partial charge in [0.25, 0.3) is 5.69 Å². The number of ether oxygens (including phenoxy) is 1. The van der Waals surface area contributed by atoms with Gasteiger partial charge >= 0.3 is 0 Å². The molecule has 1 aromatic rings. The van der Waals surface area contributed by atoms with Gasteiger partial charge in [0, 0.05) is 5.88 Å². The lowest BCUT2D eigenvalue weighted by atomic mass is 10.2. The van der Waals surface area contributed by atoms with Crippen LogP contribution in [0.15, 0.2) is 18.2 Å². The number of nitrogens with zero attached hydrogens (tertiary/aromatic N) is 1. The van der Waals surface area contributed by atoms with Crippen LogP contribution in [-0.2, 0) is 10.0 Å². The Kier molecular flexibility index (Phi) is 6.22. The largest absolute Gasteiger partial charge is 0.494 e. The number of sulfonamides is 1. The van der Waals surface area contributed by atoms with Gasteiger partial charge in [0.05, 0.1) is 23.3 Å². The number of rotatable bonds is 8. The molecule has 0 fully saturated rings. The molecule has 0 radical (unpaired) electrons. The Morgan fingerprint density at radius 3 is 2.67 bits per heavy atom. The number of nitro groups is 1. The van der Waals surface area contributed by atoms with Crippen LogP contribution in [0.2, 0.25) is 0 Å². The SMILES string of the molecule is CCOc1ccc(NS(=O)(=O)CC(C)CCl)c([N+](=O)[O-])c1. The fourth-order valence-corrected chi connectivity index (χ4v) is 3.33. The molecule has 0 amide bonds. The summed E-state index contributed by atoms with van der Waals surface area (Å²) < 4.78 is 31.2. The summed E-state index contributed by atoms with van der Waals surface area (Å²) in [4.78, 5) is 10.4. The van der Waals surface area contributed by atoms with Crippen LogP contribution in [-0.4, -0.2) is 31.6 Å². The van der Waals surface area contributed by atoms with E-state index in [9.17, 15) is 18.5 Å². The second kappa shape index (κ2) is 7.46. The molecular formula is C12H17ClN2O5S. The van der Waals surface area contributed by atoms with E-state index < -0.39 is 14.9 Å². The van der Waals surface area contributed by atoms with Crippen molar-refractivity contribution in [2.45, 2.75) is 13.8 Å². The predicted octanol–water partition coefficient (Wildman–Crippen LogP) is 2.61. The Hall–Kier alpha value is -1.54. The van der Waals surface area contributed by atoms with Crippen LogP contribution in [0.4, 0.5) is 11.4 Å². The maximum absolute atomic E-state index is 11.9. The van der Waals surface area contributed by atoms with Gasteiger partial charge in [-0.3, -0.25) is 14.8 Å². The van der Waals surface area contributed by atoms with Crippen molar-refractivity contribution in [1.82, 2.24) is 0 Å². The highest BCUT2D eigenvalue weighted by Gasteiger charge is 2.21. The molecule has 0 saturated heterocycles. The van der Waals surface area contributed by atoms with Gasteiger partial charge < -0.3 is 4.74 Å². The Morgan fingerprint density at radius 1 is 1.48 bits per heavy atom. The third kappa shape index (κ3) is 5.39. The summed E-state index contributed by atoms with van der Waals surface area (Å²) >= 11 is 5.58. The number of nitro benzene ring substituents is 1. The Bertz CT molecular complexity index is 606. The van der Waals surface area contributed by atoms with Gasteiger partial charge in [-0.1, -0.05) is 6.92 Å². The van der Waals surface area contributed by atoms with Crippen molar-refractivity contribution in [3.8, 4) is 5.75 Å². The van der Waals surface area contributed by atoms with Crippen LogP contribution in [0.1, 0.15) is 13.8 Å². The number of halogens is 1. The molecule has 9 heteroatoms. The second-order valence-electron chi connectivity index (χ2n) is 4.51. The van der Waals surface area contributed by atoms with E-state index in [2.05, 4.69) is 4.72 Å². The van der Waals surface area contributed by atoms with Crippen molar-refractivity contribution >= 4 is 33.0 Å². The molecule has 1 aromatic carbocycles. The summed E-state index contributed by atoms with van der Waals surface area (Å²) in [5, 5.41) is 11.0. The van der Waals surface area contributed by atoms with E-state index in [0.717, 1.165) is 0 Å². The maximum atomic E-state index is 11.9. The number of alkyl halides is 1. The van der Waals surface area contributed by atoms with Crippen molar-refractivity contribution in [3.05, 3.63) is 28.3 Å². The lowest BCUT2D eigenvalue weighted by Gasteiger charge is -2.12. The van der Waals surface area contributed by atoms with Crippen molar-refractivity contribution in [1.29, 1.82) is 0 Å². The van der Waals surface area contributed by atoms with Crippen molar-refractivity contribution in [2.75, 3.05) is 23.0 Å². The van der Waals surface area contributed by atoms with Crippen LogP contribution >= 0.6 is 11.6 Å². The van der Waals surface area contributed by atoms with E-state index >= 15 is 0 Å². The molecule has 0 saturated carbocycles. The molecule has 118 valence electrons. The first-order valence-corrected chi connectivity index (χ1v) is 8.45. The van der Waals surface area contributed by atoms with Gasteiger partial charge in [0.15, 0.2) is 0 Å². The van der Waals surface area contributed by atoms with Gasteiger partial charge in [-0.15, -0.1) is 11.6 Å². The van der Waals surface area contributed by atoms with E-state index in [1.165, 1.54) is 18.2 Å². The van der Waals surface area contributed by atoms with Crippen LogP contribution in [0, 0.1) is 16.0 Å². The highest BCUT2D eigenvalue weighted by molar-refractivity contribution is 7.92. The number of hydrogen-bond donors (Lipinski definition) is 1. The van der Waals surface area contributed by atoms with Crippen molar-refractivity contribution in [2.24, 2.45) is 5.92 Å². The number of benzene rings is 1. The zero-order valence-electron chi connectivity index (χ0n) is 11.7. The van der Waals surface area contributed by atoms with Gasteiger partial charge in [-0.25, -0.2) is 8.42 Å². The van der Waals surface area contributed by atoms with Crippen LogP contribution in [0.25, 0.3) is 0 Å². The second-order valence-corrected chi connectivity index (χ2v) is 6.59. The average Bonchev–Trinajstić information content (AvgIpc) is 2.39. The smallest absolute Gasteiger partial charge is 0.297 e. The fraction of sp³-hybridized carbons (Fsp3) is 0.500. The van der Waals surface area contributed by atoms with Crippen molar-refractivity contribution in [3.63, 3.8) is 0 Å². The zero-order valence-corrected chi connectivity index (χ0v) is 13.3. The van der Waals surface area contributed by atoms with Gasteiger partial charge in [-0.2, -0.15) is 0 Å². The maximum Gasteiger partial charge on any atom is 0.297 e. The molecule has 1 N–H and O–H groups in total. The summed E-state index contributed by atoms with van der Waals surface area (Å²) in [6.07, 6.45) is 0. The molecule has 0 aliphatic heterocycles. The lowest BCUT2D eigenvalue weighted by Crippen LogP contribution is -2.22. The molecule has 0 spiro atoms. The third-order valence-electron chi connectivity index (χ3n) is 2.51. The first kappa shape index (κ1) is 17.5. The van der Waals surface area contributed by atoms with E-state index in [1.54, 1.807) is 13.8 Å². The van der Waals surface area contributed by atoms with Crippen LogP contribution in [0.5, 0.6) is 5.75 Å². The fourth-order valence-electron chi connectivity index (χ4n) is 1.63. The molecule has 0 bridgehead atoms. The zero-order chi connectivity index (χ0) is 16.0. The first-order valence-electron chi connectivity index (χ1n) is 6.26. The molecule has 0 aliphatic carbocycles. The van der Waals surface area contributed by atoms with Gasteiger partial charge in [0.2, 0.25) is 10.0 Å². The molecule has 21 heavy (non-hydrogen) atoms. The molecule has 0 heterocycles. The van der Waals surface area contributed by atoms with Crippen molar-refractivity contribution < 1.29 is 18.1 Å². The summed E-state index contributed by atoms with van der Waals surface area (Å²) in [5.74, 6) is 0.0276. The third-order valence-corrected chi connectivity index (χ3v) is 4.58. The van der Waals surface area contributed by atoms with E-state index in [1.807, 2.05) is 0 Å². The lowest BCUT2D eigenvalue weighted by molar-refractivity contribution is -0.384. The number of nitrogens with one attached hydrogen (secondary N) is 1. The summed E-state index contributed by atoms with van der Waals surface area (Å²) in [6, 6.07) is 3.97. The monoisotopic (exact) mass is 336 g/mol. The Labute approximate surface area is 128 Å². The molecule has 1 unspecified atom stereocenters. The summed E-state index contributed by atoms with van der Waals surface area (Å²) in [6.45, 7) is 3.78. The minimum absolute atomic E-state index is 0.0924. The predicted molar refractivity (Wildman–Crippen MR) is 81.6 cm³/mol. The molecule has 0 aliphatic rings. The Morgan fingerprint density at radius 2 is 2.14 bits per heavy atom. The summed E-state index contributed by atoms with van der Waals surface area (Å²) in [5.41, 5.74) is -0.451. The summed E-state index contributed by atoms with van der Waals surface area (Å²) in [7, 11) is -3.71. The first-order chi connectivity index (χ1) is 9.79. The van der Waals surface area contributed by atoms with Crippen LogP contribution in [0.3, 0.4) is 0 Å². The minimum Gasteiger partial charge on any atom is -0.494 e. The highest BCUT2D eigenvalue weighted by atomic mass is 35.5. The van der Waals surface area contributed by atoms with E-state index in [0.29, 0.717) is 12.4 Å². The van der Waals surface area contributed by atoms with E-state index in [4.69, 9.17) is 16.3 Å². The van der Waals surface area contributed by atoms with Gasteiger partial charge in [-0.05, 0) is 25.0 Å². The van der Waals surface area contributed by atoms with Crippen LogP contribution < -0.4 is 9.46 Å². The molecule has 0 aromatic heterocycles. The number of anilines is 1. The van der Waals surface area contributed by atoms with Gasteiger partial charge in [0.1, 0.15) is 11.4 Å². The quantitative estimate of drug-likeness (QED) is 0.447. The molecule has 1 atom stereocenters. The Balaban J connectivity index is 3.05.